The highest BCUT2D eigenvalue weighted by Gasteiger charge is 2.38. The van der Waals surface area contributed by atoms with Gasteiger partial charge in [0, 0.05) is 6.54 Å². The summed E-state index contributed by atoms with van der Waals surface area (Å²) in [5.41, 5.74) is 5.68. The fourth-order valence-corrected chi connectivity index (χ4v) is 2.13. The number of likely N-dealkylation sites (tertiary alicyclic amines) is 1. The van der Waals surface area contributed by atoms with Crippen LogP contribution in [0.25, 0.3) is 0 Å². The first-order chi connectivity index (χ1) is 8.29. The lowest BCUT2D eigenvalue weighted by Gasteiger charge is -2.38. The van der Waals surface area contributed by atoms with Gasteiger partial charge in [0.1, 0.15) is 6.04 Å². The van der Waals surface area contributed by atoms with Crippen LogP contribution in [-0.2, 0) is 14.3 Å². The minimum Gasteiger partial charge on any atom is -0.467 e. The van der Waals surface area contributed by atoms with Crippen molar-refractivity contribution in [3.63, 3.8) is 0 Å². The number of carbonyl (C=O) groups excluding carboxylic acids is 2. The molecule has 2 N–H and O–H groups in total. The van der Waals surface area contributed by atoms with Gasteiger partial charge in [-0.1, -0.05) is 20.8 Å². The number of esters is 1. The molecule has 2 atom stereocenters. The Kier molecular flexibility index (Phi) is 4.73. The molecule has 1 saturated heterocycles. The van der Waals surface area contributed by atoms with Gasteiger partial charge in [0.25, 0.3) is 0 Å². The highest BCUT2D eigenvalue weighted by molar-refractivity contribution is 5.88. The molecule has 5 nitrogen and oxygen atoms in total. The van der Waals surface area contributed by atoms with Crippen molar-refractivity contribution in [2.24, 2.45) is 11.1 Å². The van der Waals surface area contributed by atoms with Crippen LogP contribution in [0.2, 0.25) is 0 Å². The van der Waals surface area contributed by atoms with E-state index in [4.69, 9.17) is 10.5 Å². The van der Waals surface area contributed by atoms with E-state index in [2.05, 4.69) is 0 Å². The van der Waals surface area contributed by atoms with E-state index >= 15 is 0 Å². The van der Waals surface area contributed by atoms with Crippen LogP contribution in [0.5, 0.6) is 0 Å². The summed E-state index contributed by atoms with van der Waals surface area (Å²) < 4.78 is 4.76. The SMILES string of the molecule is COC(=O)C1CCCCN1C(=O)[C@H](N)C(C)(C)C. The fraction of sp³-hybridized carbons (Fsp3) is 0.846. The minimum atomic E-state index is -0.595. The number of methoxy groups -OCH3 is 1. The van der Waals surface area contributed by atoms with Crippen molar-refractivity contribution in [2.45, 2.75) is 52.1 Å². The number of nitrogens with zero attached hydrogens (tertiary/aromatic N) is 1. The van der Waals surface area contributed by atoms with Crippen molar-refractivity contribution in [3.8, 4) is 0 Å². The highest BCUT2D eigenvalue weighted by atomic mass is 16.5. The Morgan fingerprint density at radius 2 is 1.94 bits per heavy atom. The predicted octanol–water partition coefficient (Wildman–Crippen LogP) is 0.914. The first-order valence-electron chi connectivity index (χ1n) is 6.43. The molecule has 18 heavy (non-hydrogen) atoms. The van der Waals surface area contributed by atoms with E-state index < -0.39 is 12.1 Å². The maximum absolute atomic E-state index is 12.4. The molecule has 1 rings (SSSR count). The summed E-state index contributed by atoms with van der Waals surface area (Å²) in [6.07, 6.45) is 2.51. The zero-order chi connectivity index (χ0) is 13.9. The van der Waals surface area contributed by atoms with Crippen molar-refractivity contribution in [1.29, 1.82) is 0 Å². The number of hydrogen-bond acceptors (Lipinski definition) is 4. The average Bonchev–Trinajstić information content (AvgIpc) is 2.35. The van der Waals surface area contributed by atoms with Crippen molar-refractivity contribution < 1.29 is 14.3 Å². The molecule has 0 saturated carbocycles. The number of ether oxygens (including phenoxy) is 1. The molecule has 0 spiro atoms. The molecular weight excluding hydrogens is 232 g/mol. The quantitative estimate of drug-likeness (QED) is 0.745. The molecule has 1 amide bonds. The van der Waals surface area contributed by atoms with Crippen molar-refractivity contribution in [3.05, 3.63) is 0 Å². The third-order valence-corrected chi connectivity index (χ3v) is 3.46. The third-order valence-electron chi connectivity index (χ3n) is 3.46. The fourth-order valence-electron chi connectivity index (χ4n) is 2.13. The second-order valence-corrected chi connectivity index (χ2v) is 5.91. The van der Waals surface area contributed by atoms with Gasteiger partial charge in [-0.05, 0) is 24.7 Å². The molecule has 1 fully saturated rings. The maximum atomic E-state index is 12.4. The molecular formula is C13H24N2O3. The van der Waals surface area contributed by atoms with Crippen LogP contribution in [-0.4, -0.2) is 42.5 Å². The Morgan fingerprint density at radius 1 is 1.33 bits per heavy atom. The lowest BCUT2D eigenvalue weighted by molar-refractivity contribution is -0.156. The number of rotatable bonds is 2. The van der Waals surface area contributed by atoms with E-state index in [-0.39, 0.29) is 17.3 Å². The molecule has 0 radical (unpaired) electrons. The van der Waals surface area contributed by atoms with Crippen LogP contribution >= 0.6 is 0 Å². The molecule has 104 valence electrons. The van der Waals surface area contributed by atoms with Gasteiger partial charge in [-0.2, -0.15) is 0 Å². The third kappa shape index (κ3) is 3.22. The molecule has 1 unspecified atom stereocenters. The molecule has 0 bridgehead atoms. The lowest BCUT2D eigenvalue weighted by Crippen LogP contribution is -2.57. The number of piperidine rings is 1. The van der Waals surface area contributed by atoms with Crippen molar-refractivity contribution in [2.75, 3.05) is 13.7 Å². The maximum Gasteiger partial charge on any atom is 0.328 e. The Morgan fingerprint density at radius 3 is 2.44 bits per heavy atom. The van der Waals surface area contributed by atoms with Gasteiger partial charge in [0.15, 0.2) is 0 Å². The van der Waals surface area contributed by atoms with Gasteiger partial charge >= 0.3 is 5.97 Å². The van der Waals surface area contributed by atoms with E-state index in [0.717, 1.165) is 12.8 Å². The molecule has 1 aliphatic heterocycles. The van der Waals surface area contributed by atoms with Crippen LogP contribution < -0.4 is 5.73 Å². The topological polar surface area (TPSA) is 72.6 Å². The van der Waals surface area contributed by atoms with Gasteiger partial charge in [-0.15, -0.1) is 0 Å². The van der Waals surface area contributed by atoms with Crippen LogP contribution in [0, 0.1) is 5.41 Å². The Bertz CT molecular complexity index is 323. The van der Waals surface area contributed by atoms with Crippen LogP contribution in [0.4, 0.5) is 0 Å². The van der Waals surface area contributed by atoms with Gasteiger partial charge in [-0.25, -0.2) is 4.79 Å². The number of hydrogen-bond donors (Lipinski definition) is 1. The van der Waals surface area contributed by atoms with E-state index in [1.54, 1.807) is 4.90 Å². The largest absolute Gasteiger partial charge is 0.467 e. The molecule has 0 aliphatic carbocycles. The summed E-state index contributed by atoms with van der Waals surface area (Å²) in [6.45, 7) is 6.36. The van der Waals surface area contributed by atoms with Crippen molar-refractivity contribution in [1.82, 2.24) is 4.90 Å². The highest BCUT2D eigenvalue weighted by Crippen LogP contribution is 2.24. The summed E-state index contributed by atoms with van der Waals surface area (Å²) in [6, 6.07) is -1.06. The lowest BCUT2D eigenvalue weighted by atomic mass is 9.85. The standard InChI is InChI=1S/C13H24N2O3/c1-13(2,3)10(14)11(16)15-8-6-5-7-9(15)12(17)18-4/h9-10H,5-8,14H2,1-4H3/t9?,10-/m0/s1. The predicted molar refractivity (Wildman–Crippen MR) is 68.8 cm³/mol. The molecule has 1 heterocycles. The average molecular weight is 256 g/mol. The van der Waals surface area contributed by atoms with E-state index in [1.165, 1.54) is 7.11 Å². The first-order valence-corrected chi connectivity index (χ1v) is 6.43. The Labute approximate surface area is 109 Å². The molecule has 1 aliphatic rings. The minimum absolute atomic E-state index is 0.155. The monoisotopic (exact) mass is 256 g/mol. The van der Waals surface area contributed by atoms with Gasteiger partial charge in [0.2, 0.25) is 5.91 Å². The Balaban J connectivity index is 2.84. The molecule has 5 heteroatoms. The summed E-state index contributed by atoms with van der Waals surface area (Å²) >= 11 is 0. The molecule has 0 aromatic heterocycles. The Hall–Kier alpha value is -1.10. The van der Waals surface area contributed by atoms with Crippen LogP contribution in [0.15, 0.2) is 0 Å². The molecule has 0 aromatic rings. The number of amides is 1. The summed E-state index contributed by atoms with van der Waals surface area (Å²) in [4.78, 5) is 25.7. The zero-order valence-corrected chi connectivity index (χ0v) is 11.7. The zero-order valence-electron chi connectivity index (χ0n) is 11.7. The smallest absolute Gasteiger partial charge is 0.328 e. The summed E-state index contributed by atoms with van der Waals surface area (Å²) in [7, 11) is 1.35. The van der Waals surface area contributed by atoms with Crippen LogP contribution in [0.3, 0.4) is 0 Å². The normalized spacial score (nSPS) is 22.5. The summed E-state index contributed by atoms with van der Waals surface area (Å²) in [5.74, 6) is -0.498. The molecule has 0 aromatic carbocycles. The van der Waals surface area contributed by atoms with E-state index in [1.807, 2.05) is 20.8 Å². The number of nitrogens with two attached hydrogens (primary N) is 1. The van der Waals surface area contributed by atoms with Crippen LogP contribution in [0.1, 0.15) is 40.0 Å². The van der Waals surface area contributed by atoms with Gasteiger partial charge in [0.05, 0.1) is 13.2 Å². The van der Waals surface area contributed by atoms with E-state index in [9.17, 15) is 9.59 Å². The van der Waals surface area contributed by atoms with E-state index in [0.29, 0.717) is 13.0 Å². The first kappa shape index (κ1) is 15.0. The van der Waals surface area contributed by atoms with Crippen molar-refractivity contribution >= 4 is 11.9 Å². The summed E-state index contributed by atoms with van der Waals surface area (Å²) in [5, 5.41) is 0. The van der Waals surface area contributed by atoms with Gasteiger partial charge < -0.3 is 15.4 Å². The second kappa shape index (κ2) is 5.69. The second-order valence-electron chi connectivity index (χ2n) is 5.91. The number of carbonyl (C=O) groups is 2. The van der Waals surface area contributed by atoms with Gasteiger partial charge in [-0.3, -0.25) is 4.79 Å².